The van der Waals surface area contributed by atoms with Gasteiger partial charge in [-0.05, 0) is 0 Å². The van der Waals surface area contributed by atoms with E-state index in [1.54, 1.807) is 11.5 Å². The highest BCUT2D eigenvalue weighted by molar-refractivity contribution is 5.68. The molecule has 0 saturated heterocycles. The number of nitrogens with zero attached hydrogens (tertiary/aromatic N) is 3. The molecule has 0 bridgehead atoms. The van der Waals surface area contributed by atoms with Crippen LogP contribution in [0.2, 0.25) is 0 Å². The normalized spacial score (nSPS) is 10.8. The predicted octanol–water partition coefficient (Wildman–Crippen LogP) is 0.230. The second-order valence-corrected chi connectivity index (χ2v) is 3.78. The molecule has 2 aromatic heterocycles. The molecule has 0 aliphatic carbocycles. The molecule has 19 heavy (non-hydrogen) atoms. The van der Waals surface area contributed by atoms with Gasteiger partial charge in [0.1, 0.15) is 13.3 Å². The van der Waals surface area contributed by atoms with E-state index >= 15 is 0 Å². The molecule has 0 aliphatic heterocycles. The molecule has 8 heteroatoms. The summed E-state index contributed by atoms with van der Waals surface area (Å²) in [5.74, 6) is -0.0919. The molecular formula is C11H13N3O5. The molecule has 0 radical (unpaired) electrons. The maximum absolute atomic E-state index is 11.5. The van der Waals surface area contributed by atoms with Crippen LogP contribution in [0.25, 0.3) is 11.2 Å². The number of carbonyl (C=O) groups excluding carboxylic acids is 1. The standard InChI is InChI=1S/C11H13N3O5/c1-7-13-10-9(11(16)19-7)12-5-14(10)6-17-3-4-18-8(2)15/h5H,3-4,6H2,1-2H3. The number of esters is 1. The summed E-state index contributed by atoms with van der Waals surface area (Å²) in [6.07, 6.45) is 1.44. The minimum atomic E-state index is -0.527. The zero-order valence-corrected chi connectivity index (χ0v) is 10.6. The van der Waals surface area contributed by atoms with Crippen LogP contribution in [0, 0.1) is 6.92 Å². The lowest BCUT2D eigenvalue weighted by molar-refractivity contribution is -0.142. The van der Waals surface area contributed by atoms with Crippen molar-refractivity contribution < 1.29 is 18.7 Å². The lowest BCUT2D eigenvalue weighted by atomic mass is 10.5. The van der Waals surface area contributed by atoms with Gasteiger partial charge in [0.15, 0.2) is 17.1 Å². The summed E-state index contributed by atoms with van der Waals surface area (Å²) in [7, 11) is 0. The van der Waals surface area contributed by atoms with Crippen molar-refractivity contribution in [3.63, 3.8) is 0 Å². The van der Waals surface area contributed by atoms with Crippen LogP contribution in [0.5, 0.6) is 0 Å². The first-order chi connectivity index (χ1) is 9.08. The molecule has 0 atom stereocenters. The largest absolute Gasteiger partial charge is 0.463 e. The maximum atomic E-state index is 11.5. The van der Waals surface area contributed by atoms with Crippen LogP contribution < -0.4 is 5.63 Å². The van der Waals surface area contributed by atoms with E-state index in [1.165, 1.54) is 13.3 Å². The Morgan fingerprint density at radius 1 is 1.47 bits per heavy atom. The number of ether oxygens (including phenoxy) is 2. The minimum Gasteiger partial charge on any atom is -0.463 e. The number of imidazole rings is 1. The van der Waals surface area contributed by atoms with Crippen LogP contribution in [0.3, 0.4) is 0 Å². The van der Waals surface area contributed by atoms with Gasteiger partial charge in [0.25, 0.3) is 0 Å². The fourth-order valence-corrected chi connectivity index (χ4v) is 1.49. The topological polar surface area (TPSA) is 96.5 Å². The van der Waals surface area contributed by atoms with Crippen molar-refractivity contribution >= 4 is 17.1 Å². The fraction of sp³-hybridized carbons (Fsp3) is 0.455. The van der Waals surface area contributed by atoms with Gasteiger partial charge in [0.2, 0.25) is 0 Å². The second-order valence-electron chi connectivity index (χ2n) is 3.78. The van der Waals surface area contributed by atoms with Crippen LogP contribution >= 0.6 is 0 Å². The summed E-state index contributed by atoms with van der Waals surface area (Å²) in [6.45, 7) is 3.50. The van der Waals surface area contributed by atoms with E-state index in [0.717, 1.165) is 0 Å². The Hall–Kier alpha value is -2.22. The molecule has 0 aliphatic rings. The quantitative estimate of drug-likeness (QED) is 0.565. The Labute approximate surface area is 108 Å². The Morgan fingerprint density at radius 3 is 3.00 bits per heavy atom. The lowest BCUT2D eigenvalue weighted by Gasteiger charge is -2.05. The van der Waals surface area contributed by atoms with E-state index in [-0.39, 0.29) is 37.3 Å². The Kier molecular flexibility index (Phi) is 3.91. The molecule has 0 amide bonds. The van der Waals surface area contributed by atoms with E-state index in [1.807, 2.05) is 0 Å². The highest BCUT2D eigenvalue weighted by Gasteiger charge is 2.10. The summed E-state index contributed by atoms with van der Waals surface area (Å²) < 4.78 is 16.4. The first-order valence-electron chi connectivity index (χ1n) is 5.61. The van der Waals surface area contributed by atoms with Gasteiger partial charge >= 0.3 is 11.6 Å². The third-order valence-corrected chi connectivity index (χ3v) is 2.27. The third kappa shape index (κ3) is 3.16. The molecular weight excluding hydrogens is 254 g/mol. The summed E-state index contributed by atoms with van der Waals surface area (Å²) in [6, 6.07) is 0. The monoisotopic (exact) mass is 267 g/mol. The molecule has 0 aromatic carbocycles. The molecule has 8 nitrogen and oxygen atoms in total. The molecule has 102 valence electrons. The zero-order chi connectivity index (χ0) is 13.8. The number of rotatable bonds is 5. The van der Waals surface area contributed by atoms with E-state index in [9.17, 15) is 9.59 Å². The number of fused-ring (bicyclic) bond motifs is 1. The number of hydrogen-bond acceptors (Lipinski definition) is 7. The number of aryl methyl sites for hydroxylation is 1. The SMILES string of the molecule is CC(=O)OCCOCn1cnc2c(=O)oc(C)nc21. The molecule has 0 fully saturated rings. The van der Waals surface area contributed by atoms with Crippen LogP contribution in [0.4, 0.5) is 0 Å². The van der Waals surface area contributed by atoms with Crippen LogP contribution in [0.15, 0.2) is 15.5 Å². The van der Waals surface area contributed by atoms with Gasteiger partial charge < -0.3 is 13.9 Å². The summed E-state index contributed by atoms with van der Waals surface area (Å²) in [5.41, 5.74) is 0.0385. The summed E-state index contributed by atoms with van der Waals surface area (Å²) >= 11 is 0. The van der Waals surface area contributed by atoms with Gasteiger partial charge in [-0.3, -0.25) is 9.36 Å². The van der Waals surface area contributed by atoms with E-state index in [4.69, 9.17) is 13.9 Å². The minimum absolute atomic E-state index is 0.160. The highest BCUT2D eigenvalue weighted by atomic mass is 16.6. The number of aromatic nitrogens is 3. The van der Waals surface area contributed by atoms with Crippen molar-refractivity contribution in [3.05, 3.63) is 22.6 Å². The van der Waals surface area contributed by atoms with Crippen molar-refractivity contribution in [2.24, 2.45) is 0 Å². The zero-order valence-electron chi connectivity index (χ0n) is 10.6. The molecule has 2 aromatic rings. The first kappa shape index (κ1) is 13.2. The smallest absolute Gasteiger partial charge is 0.367 e. The summed E-state index contributed by atoms with van der Waals surface area (Å²) in [4.78, 5) is 30.0. The number of hydrogen-bond donors (Lipinski definition) is 0. The number of carbonyl (C=O) groups is 1. The van der Waals surface area contributed by atoms with Gasteiger partial charge in [-0.25, -0.2) is 9.78 Å². The van der Waals surface area contributed by atoms with Crippen LogP contribution in [-0.4, -0.2) is 33.7 Å². The molecule has 2 heterocycles. The van der Waals surface area contributed by atoms with Gasteiger partial charge in [-0.15, -0.1) is 0 Å². The van der Waals surface area contributed by atoms with Gasteiger partial charge in [-0.2, -0.15) is 4.98 Å². The average Bonchev–Trinajstić information content (AvgIpc) is 2.72. The fourth-order valence-electron chi connectivity index (χ4n) is 1.49. The lowest BCUT2D eigenvalue weighted by Crippen LogP contribution is -2.11. The molecule has 0 N–H and O–H groups in total. The van der Waals surface area contributed by atoms with E-state index < -0.39 is 5.63 Å². The molecule has 2 rings (SSSR count). The Morgan fingerprint density at radius 2 is 2.26 bits per heavy atom. The van der Waals surface area contributed by atoms with Crippen molar-refractivity contribution in [3.8, 4) is 0 Å². The second kappa shape index (κ2) is 5.61. The first-order valence-corrected chi connectivity index (χ1v) is 5.61. The van der Waals surface area contributed by atoms with Gasteiger partial charge in [-0.1, -0.05) is 0 Å². The Balaban J connectivity index is 2.01. The van der Waals surface area contributed by atoms with Crippen molar-refractivity contribution in [2.45, 2.75) is 20.6 Å². The van der Waals surface area contributed by atoms with Crippen molar-refractivity contribution in [2.75, 3.05) is 13.2 Å². The van der Waals surface area contributed by atoms with Gasteiger partial charge in [0, 0.05) is 13.8 Å². The highest BCUT2D eigenvalue weighted by Crippen LogP contribution is 2.06. The van der Waals surface area contributed by atoms with Crippen LogP contribution in [0.1, 0.15) is 12.8 Å². The maximum Gasteiger partial charge on any atom is 0.367 e. The molecule has 0 saturated carbocycles. The Bertz CT molecular complexity index is 645. The van der Waals surface area contributed by atoms with Gasteiger partial charge in [0.05, 0.1) is 12.9 Å². The van der Waals surface area contributed by atoms with E-state index in [0.29, 0.717) is 5.65 Å². The van der Waals surface area contributed by atoms with E-state index in [2.05, 4.69) is 9.97 Å². The average molecular weight is 267 g/mol. The molecule has 0 spiro atoms. The summed E-state index contributed by atoms with van der Waals surface area (Å²) in [5, 5.41) is 0. The van der Waals surface area contributed by atoms with Crippen molar-refractivity contribution in [1.82, 2.24) is 14.5 Å². The van der Waals surface area contributed by atoms with Crippen LogP contribution in [-0.2, 0) is 21.0 Å². The molecule has 0 unspecified atom stereocenters. The van der Waals surface area contributed by atoms with Crippen molar-refractivity contribution in [1.29, 1.82) is 0 Å². The predicted molar refractivity (Wildman–Crippen MR) is 63.4 cm³/mol. The third-order valence-electron chi connectivity index (χ3n) is 2.27.